The summed E-state index contributed by atoms with van der Waals surface area (Å²) in [7, 11) is 0. The Labute approximate surface area is 517 Å². The molecule has 0 aliphatic heterocycles. The lowest BCUT2D eigenvalue weighted by atomic mass is 10.0. The van der Waals surface area contributed by atoms with E-state index in [1.165, 1.54) is 231 Å². The van der Waals surface area contributed by atoms with Gasteiger partial charge in [-0.3, -0.25) is 4.79 Å². The number of hydrogen-bond acceptors (Lipinski definition) is 3. The van der Waals surface area contributed by atoms with Gasteiger partial charge in [0.15, 0.2) is 0 Å². The number of aliphatic hydroxyl groups excluding tert-OH is 2. The van der Waals surface area contributed by atoms with E-state index in [-0.39, 0.29) is 12.5 Å². The molecular formula is C79H137NO3. The van der Waals surface area contributed by atoms with Crippen LogP contribution in [0.25, 0.3) is 0 Å². The van der Waals surface area contributed by atoms with E-state index < -0.39 is 12.1 Å². The maximum atomic E-state index is 12.5. The zero-order valence-electron chi connectivity index (χ0n) is 54.9. The van der Waals surface area contributed by atoms with E-state index in [4.69, 9.17) is 0 Å². The van der Waals surface area contributed by atoms with Crippen molar-refractivity contribution in [3.63, 3.8) is 0 Å². The van der Waals surface area contributed by atoms with Gasteiger partial charge in [-0.05, 0) is 103 Å². The zero-order valence-corrected chi connectivity index (χ0v) is 54.9. The first-order chi connectivity index (χ1) is 41.2. The Morgan fingerprint density at radius 3 is 0.843 bits per heavy atom. The second-order valence-corrected chi connectivity index (χ2v) is 23.9. The van der Waals surface area contributed by atoms with Crippen LogP contribution in [0.15, 0.2) is 134 Å². The quantitative estimate of drug-likeness (QED) is 0.0420. The SMILES string of the molecule is CC/C=C\C/C=C\C/C=C\C/C=C\C/C=C\C/C=C\C/C=C\C/C=C\C/C=C\CCCCCCCCCCCCCCCC(=O)NC(CO)C(O)/C=C/CC/C=C/CCCCCCCCCCCCCCCCCCCCCCCCCC. The van der Waals surface area contributed by atoms with Gasteiger partial charge in [0.25, 0.3) is 0 Å². The van der Waals surface area contributed by atoms with Crippen molar-refractivity contribution in [1.82, 2.24) is 5.32 Å². The van der Waals surface area contributed by atoms with E-state index in [2.05, 4.69) is 141 Å². The average Bonchev–Trinajstić information content (AvgIpc) is 3.51. The fourth-order valence-electron chi connectivity index (χ4n) is 10.5. The summed E-state index contributed by atoms with van der Waals surface area (Å²) in [6.07, 6.45) is 113. The molecule has 4 nitrogen and oxygen atoms in total. The Morgan fingerprint density at radius 1 is 0.301 bits per heavy atom. The molecule has 0 aromatic carbocycles. The molecule has 0 bridgehead atoms. The van der Waals surface area contributed by atoms with Crippen molar-refractivity contribution in [3.8, 4) is 0 Å². The molecule has 0 aromatic heterocycles. The van der Waals surface area contributed by atoms with E-state index >= 15 is 0 Å². The maximum absolute atomic E-state index is 12.5. The van der Waals surface area contributed by atoms with Gasteiger partial charge in [0, 0.05) is 6.42 Å². The van der Waals surface area contributed by atoms with Crippen LogP contribution in [0.2, 0.25) is 0 Å². The Balaban J connectivity index is 3.55. The first-order valence-corrected chi connectivity index (χ1v) is 35.9. The number of amides is 1. The van der Waals surface area contributed by atoms with Gasteiger partial charge >= 0.3 is 0 Å². The summed E-state index contributed by atoms with van der Waals surface area (Å²) in [5.74, 6) is -0.0761. The van der Waals surface area contributed by atoms with E-state index in [1.54, 1.807) is 6.08 Å². The van der Waals surface area contributed by atoms with Crippen molar-refractivity contribution in [1.29, 1.82) is 0 Å². The van der Waals surface area contributed by atoms with E-state index in [0.29, 0.717) is 6.42 Å². The van der Waals surface area contributed by atoms with Crippen LogP contribution >= 0.6 is 0 Å². The van der Waals surface area contributed by atoms with Crippen LogP contribution in [0.1, 0.15) is 341 Å². The lowest BCUT2D eigenvalue weighted by Gasteiger charge is -2.19. The predicted octanol–water partition coefficient (Wildman–Crippen LogP) is 24.9. The third-order valence-electron chi connectivity index (χ3n) is 15.9. The fourth-order valence-corrected chi connectivity index (χ4v) is 10.5. The summed E-state index contributed by atoms with van der Waals surface area (Å²) in [6, 6.07) is -0.650. The molecule has 83 heavy (non-hydrogen) atoms. The minimum Gasteiger partial charge on any atom is -0.394 e. The molecule has 3 N–H and O–H groups in total. The number of aliphatic hydroxyl groups is 2. The van der Waals surface area contributed by atoms with Crippen LogP contribution in [-0.2, 0) is 4.79 Å². The summed E-state index contributed by atoms with van der Waals surface area (Å²) in [5.41, 5.74) is 0. The molecule has 0 aliphatic carbocycles. The first-order valence-electron chi connectivity index (χ1n) is 35.9. The average molecular weight is 1150 g/mol. The van der Waals surface area contributed by atoms with Gasteiger partial charge in [-0.1, -0.05) is 366 Å². The maximum Gasteiger partial charge on any atom is 0.220 e. The highest BCUT2D eigenvalue weighted by atomic mass is 16.3. The molecule has 0 fully saturated rings. The molecule has 4 heteroatoms. The van der Waals surface area contributed by atoms with Gasteiger partial charge in [0.1, 0.15) is 0 Å². The molecule has 0 aromatic rings. The lowest BCUT2D eigenvalue weighted by molar-refractivity contribution is -0.123. The minimum atomic E-state index is -0.872. The van der Waals surface area contributed by atoms with Gasteiger partial charge in [-0.2, -0.15) is 0 Å². The van der Waals surface area contributed by atoms with Gasteiger partial charge in [0.05, 0.1) is 18.8 Å². The number of nitrogens with one attached hydrogen (secondary N) is 1. The molecule has 0 heterocycles. The van der Waals surface area contributed by atoms with Crippen LogP contribution in [0.4, 0.5) is 0 Å². The summed E-state index contributed by atoms with van der Waals surface area (Å²) < 4.78 is 0. The van der Waals surface area contributed by atoms with Gasteiger partial charge < -0.3 is 15.5 Å². The summed E-state index contributed by atoms with van der Waals surface area (Å²) in [5, 5.41) is 23.3. The Bertz CT molecular complexity index is 1640. The molecule has 0 saturated heterocycles. The molecule has 0 spiro atoms. The predicted molar refractivity (Wildman–Crippen MR) is 372 cm³/mol. The molecule has 0 radical (unpaired) electrons. The van der Waals surface area contributed by atoms with E-state index in [9.17, 15) is 15.0 Å². The summed E-state index contributed by atoms with van der Waals surface area (Å²) in [6.45, 7) is 4.21. The number of hydrogen-bond donors (Lipinski definition) is 3. The highest BCUT2D eigenvalue weighted by molar-refractivity contribution is 5.76. The Morgan fingerprint density at radius 2 is 0.542 bits per heavy atom. The van der Waals surface area contributed by atoms with E-state index in [0.717, 1.165) is 89.9 Å². The van der Waals surface area contributed by atoms with Crippen molar-refractivity contribution in [2.24, 2.45) is 0 Å². The third kappa shape index (κ3) is 69.2. The largest absolute Gasteiger partial charge is 0.394 e. The topological polar surface area (TPSA) is 69.6 Å². The second kappa shape index (κ2) is 72.8. The van der Waals surface area contributed by atoms with Crippen LogP contribution in [0.3, 0.4) is 0 Å². The van der Waals surface area contributed by atoms with Crippen LogP contribution in [0, 0.1) is 0 Å². The molecule has 1 amide bonds. The first kappa shape index (κ1) is 79.5. The lowest BCUT2D eigenvalue weighted by Crippen LogP contribution is -2.45. The number of allylic oxidation sites excluding steroid dienone is 21. The Kier molecular flexibility index (Phi) is 69.7. The summed E-state index contributed by atoms with van der Waals surface area (Å²) >= 11 is 0. The Hall–Kier alpha value is -3.47. The normalized spacial score (nSPS) is 13.5. The standard InChI is InChI=1S/C79H137NO3/c1-3-5-7-9-11-13-15-17-19-21-23-25-27-29-31-33-35-36-37-38-39-40-41-42-43-44-45-47-49-51-53-55-57-59-61-63-65-67-69-71-73-75-79(83)80-77(76-81)78(82)74-72-70-68-66-64-62-60-58-56-54-52-50-48-46-34-32-30-28-26-24-22-20-18-16-14-12-10-8-6-4-2/h5,7,11,13,17,19,23,25,29,31,35-36,38-39,41-42,44-45,64,66,72,74,77-78,81-82H,3-4,6,8-10,12,14-16,18,20-22,24,26-28,30,32-34,37,40,43,46-63,65,67-71,73,75-76H2,1-2H3,(H,80,83)/b7-5-,13-11-,19-17-,25-23-,31-29-,36-35-,39-38-,42-41-,45-44-,66-64+,74-72+. The molecule has 0 rings (SSSR count). The van der Waals surface area contributed by atoms with E-state index in [1.807, 2.05) is 6.08 Å². The highest BCUT2D eigenvalue weighted by Crippen LogP contribution is 2.18. The van der Waals surface area contributed by atoms with Crippen molar-refractivity contribution in [3.05, 3.63) is 134 Å². The molecule has 2 unspecified atom stereocenters. The number of carbonyl (C=O) groups is 1. The molecule has 0 aliphatic rings. The van der Waals surface area contributed by atoms with Crippen molar-refractivity contribution in [2.45, 2.75) is 353 Å². The number of carbonyl (C=O) groups excluding carboxylic acids is 1. The molecule has 2 atom stereocenters. The monoisotopic (exact) mass is 1150 g/mol. The van der Waals surface area contributed by atoms with Crippen LogP contribution in [-0.4, -0.2) is 34.9 Å². The summed E-state index contributed by atoms with van der Waals surface area (Å²) in [4.78, 5) is 12.5. The number of rotatable bonds is 65. The van der Waals surface area contributed by atoms with Crippen molar-refractivity contribution < 1.29 is 15.0 Å². The van der Waals surface area contributed by atoms with Crippen LogP contribution in [0.5, 0.6) is 0 Å². The molecule has 0 saturated carbocycles. The molecular weight excluding hydrogens is 1010 g/mol. The van der Waals surface area contributed by atoms with Crippen molar-refractivity contribution in [2.75, 3.05) is 6.61 Å². The van der Waals surface area contributed by atoms with Crippen LogP contribution < -0.4 is 5.32 Å². The smallest absolute Gasteiger partial charge is 0.220 e. The fraction of sp³-hybridized carbons (Fsp3) is 0.709. The molecule has 476 valence electrons. The minimum absolute atomic E-state index is 0.0761. The van der Waals surface area contributed by atoms with Gasteiger partial charge in [-0.15, -0.1) is 0 Å². The number of unbranched alkanes of at least 4 members (excludes halogenated alkanes) is 38. The van der Waals surface area contributed by atoms with Gasteiger partial charge in [0.2, 0.25) is 5.91 Å². The zero-order chi connectivity index (χ0) is 59.8. The third-order valence-corrected chi connectivity index (χ3v) is 15.9. The van der Waals surface area contributed by atoms with Crippen molar-refractivity contribution >= 4 is 5.91 Å². The second-order valence-electron chi connectivity index (χ2n) is 23.9. The van der Waals surface area contributed by atoms with Gasteiger partial charge in [-0.25, -0.2) is 0 Å². The highest BCUT2D eigenvalue weighted by Gasteiger charge is 2.18.